The van der Waals surface area contributed by atoms with E-state index in [0.717, 1.165) is 6.54 Å². The van der Waals surface area contributed by atoms with Crippen LogP contribution in [0.15, 0.2) is 72.8 Å². The molecule has 3 aromatic carbocycles. The van der Waals surface area contributed by atoms with Crippen LogP contribution in [0.4, 0.5) is 17.1 Å². The Bertz CT molecular complexity index is 1470. The smallest absolute Gasteiger partial charge is 0.258 e. The van der Waals surface area contributed by atoms with Gasteiger partial charge in [-0.15, -0.1) is 0 Å². The Morgan fingerprint density at radius 2 is 1.67 bits per heavy atom. The van der Waals surface area contributed by atoms with Crippen LogP contribution in [-0.4, -0.2) is 71.5 Å². The normalized spacial score (nSPS) is 17.0. The Morgan fingerprint density at radius 3 is 2.37 bits per heavy atom. The number of amides is 3. The zero-order valence-electron chi connectivity index (χ0n) is 27.1. The Kier molecular flexibility index (Phi) is 12.6. The molecule has 0 aliphatic carbocycles. The molecular formula is C36H47N5O5. The summed E-state index contributed by atoms with van der Waals surface area (Å²) in [5, 5.41) is 15.7. The Hall–Kier alpha value is -4.41. The number of hydrogen-bond acceptors (Lipinski definition) is 7. The minimum atomic E-state index is -0.381. The van der Waals surface area contributed by atoms with Crippen LogP contribution < -0.4 is 21.1 Å². The molecule has 3 atom stereocenters. The van der Waals surface area contributed by atoms with Crippen LogP contribution in [-0.2, 0) is 16.1 Å². The van der Waals surface area contributed by atoms with Crippen LogP contribution in [0.3, 0.4) is 0 Å². The summed E-state index contributed by atoms with van der Waals surface area (Å²) in [7, 11) is 2.05. The lowest BCUT2D eigenvalue weighted by Gasteiger charge is -2.38. The van der Waals surface area contributed by atoms with Gasteiger partial charge < -0.3 is 31.1 Å². The van der Waals surface area contributed by atoms with E-state index < -0.39 is 0 Å². The molecule has 5 N–H and O–H groups in total. The Morgan fingerprint density at radius 1 is 1.00 bits per heavy atom. The number of nitrogen functional groups attached to an aromatic ring is 1. The number of anilines is 3. The molecule has 0 saturated carbocycles. The van der Waals surface area contributed by atoms with Crippen molar-refractivity contribution in [3.8, 4) is 5.75 Å². The van der Waals surface area contributed by atoms with E-state index in [1.165, 1.54) is 5.56 Å². The summed E-state index contributed by atoms with van der Waals surface area (Å²) in [5.74, 6) is -0.0648. The molecule has 1 aliphatic heterocycles. The number of carbonyl (C=O) groups excluding carboxylic acids is 3. The number of nitrogens with one attached hydrogen (secondary N) is 2. The topological polar surface area (TPSA) is 137 Å². The number of hydrogen-bond donors (Lipinski definition) is 4. The number of nitrogens with two attached hydrogens (primary N) is 1. The first-order valence-electron chi connectivity index (χ1n) is 16.0. The van der Waals surface area contributed by atoms with Crippen molar-refractivity contribution in [2.75, 3.05) is 43.1 Å². The first-order valence-corrected chi connectivity index (χ1v) is 16.0. The highest BCUT2D eigenvalue weighted by Gasteiger charge is 2.33. The number of carbonyl (C=O) groups is 3. The number of unbranched alkanes of at least 4 members (excludes halogenated alkanes) is 2. The van der Waals surface area contributed by atoms with E-state index in [1.807, 2.05) is 37.3 Å². The van der Waals surface area contributed by atoms with Crippen molar-refractivity contribution in [2.24, 2.45) is 5.92 Å². The maximum absolute atomic E-state index is 13.7. The van der Waals surface area contributed by atoms with Crippen molar-refractivity contribution in [3.05, 3.63) is 83.9 Å². The third-order valence-electron chi connectivity index (χ3n) is 8.28. The molecule has 0 spiro atoms. The second-order valence-corrected chi connectivity index (χ2v) is 12.3. The van der Waals surface area contributed by atoms with Gasteiger partial charge in [0.2, 0.25) is 11.8 Å². The summed E-state index contributed by atoms with van der Waals surface area (Å²) in [5.41, 5.74) is 9.06. The molecule has 0 radical (unpaired) electrons. The molecule has 0 aromatic heterocycles. The van der Waals surface area contributed by atoms with Gasteiger partial charge in [-0.1, -0.05) is 55.8 Å². The number of fused-ring (bicyclic) bond motifs is 1. The molecule has 0 saturated heterocycles. The third-order valence-corrected chi connectivity index (χ3v) is 8.28. The third kappa shape index (κ3) is 9.79. The number of aliphatic hydroxyl groups excluding tert-OH is 1. The second-order valence-electron chi connectivity index (χ2n) is 12.3. The number of aliphatic hydroxyl groups is 1. The minimum Gasteiger partial charge on any atom is -0.488 e. The number of nitrogens with zero attached hydrogens (tertiary/aromatic N) is 2. The predicted octanol–water partition coefficient (Wildman–Crippen LogP) is 5.15. The van der Waals surface area contributed by atoms with Crippen molar-refractivity contribution in [3.63, 3.8) is 0 Å². The van der Waals surface area contributed by atoms with Gasteiger partial charge in [0.15, 0.2) is 0 Å². The summed E-state index contributed by atoms with van der Waals surface area (Å²) in [4.78, 5) is 42.7. The second kappa shape index (κ2) is 16.8. The molecule has 1 aliphatic rings. The Labute approximate surface area is 271 Å². The zero-order chi connectivity index (χ0) is 33.1. The number of ether oxygens (including phenoxy) is 1. The van der Waals surface area contributed by atoms with Crippen molar-refractivity contribution < 1.29 is 24.2 Å². The van der Waals surface area contributed by atoms with E-state index in [-0.39, 0.29) is 48.8 Å². The van der Waals surface area contributed by atoms with E-state index >= 15 is 0 Å². The van der Waals surface area contributed by atoms with E-state index in [1.54, 1.807) is 35.2 Å². The fourth-order valence-electron chi connectivity index (χ4n) is 5.58. The van der Waals surface area contributed by atoms with E-state index in [9.17, 15) is 19.5 Å². The molecule has 0 bridgehead atoms. The number of para-hydroxylation sites is 2. The predicted molar refractivity (Wildman–Crippen MR) is 182 cm³/mol. The molecule has 0 fully saturated rings. The fourth-order valence-corrected chi connectivity index (χ4v) is 5.58. The van der Waals surface area contributed by atoms with Crippen molar-refractivity contribution in [2.45, 2.75) is 64.6 Å². The lowest BCUT2D eigenvalue weighted by Crippen LogP contribution is -2.49. The van der Waals surface area contributed by atoms with Gasteiger partial charge in [-0.3, -0.25) is 19.3 Å². The highest BCUT2D eigenvalue weighted by molar-refractivity contribution is 6.00. The maximum atomic E-state index is 13.7. The summed E-state index contributed by atoms with van der Waals surface area (Å²) in [6.45, 7) is 5.57. The van der Waals surface area contributed by atoms with Gasteiger partial charge in [0.1, 0.15) is 11.9 Å². The lowest BCUT2D eigenvalue weighted by molar-refractivity contribution is -0.116. The monoisotopic (exact) mass is 629 g/mol. The highest BCUT2D eigenvalue weighted by Crippen LogP contribution is 2.31. The first kappa shape index (κ1) is 34.5. The van der Waals surface area contributed by atoms with Crippen LogP contribution in [0.5, 0.6) is 5.75 Å². The molecule has 0 unspecified atom stereocenters. The summed E-state index contributed by atoms with van der Waals surface area (Å²) in [6.07, 6.45) is 2.41. The van der Waals surface area contributed by atoms with Crippen molar-refractivity contribution in [1.29, 1.82) is 0 Å². The largest absolute Gasteiger partial charge is 0.488 e. The zero-order valence-corrected chi connectivity index (χ0v) is 27.1. The van der Waals surface area contributed by atoms with Gasteiger partial charge in [0.25, 0.3) is 5.91 Å². The molecular weight excluding hydrogens is 582 g/mol. The van der Waals surface area contributed by atoms with Crippen molar-refractivity contribution >= 4 is 34.8 Å². The quantitative estimate of drug-likeness (QED) is 0.143. The van der Waals surface area contributed by atoms with Crippen LogP contribution in [0.2, 0.25) is 0 Å². The van der Waals surface area contributed by atoms with Gasteiger partial charge in [-0.2, -0.15) is 0 Å². The number of benzene rings is 3. The fraction of sp³-hybridized carbons (Fsp3) is 0.417. The van der Waals surface area contributed by atoms with Gasteiger partial charge in [-0.25, -0.2) is 0 Å². The maximum Gasteiger partial charge on any atom is 0.258 e. The number of likely N-dealkylation sites (N-methyl/N-ethyl adjacent to an activating group) is 1. The van der Waals surface area contributed by atoms with Gasteiger partial charge in [-0.05, 0) is 62.7 Å². The molecule has 246 valence electrons. The molecule has 10 nitrogen and oxygen atoms in total. The van der Waals surface area contributed by atoms with E-state index in [4.69, 9.17) is 10.5 Å². The van der Waals surface area contributed by atoms with Crippen LogP contribution in [0, 0.1) is 5.92 Å². The molecule has 10 heteroatoms. The van der Waals surface area contributed by atoms with Crippen molar-refractivity contribution in [1.82, 2.24) is 9.80 Å². The lowest BCUT2D eigenvalue weighted by atomic mass is 9.99. The minimum absolute atomic E-state index is 0.00579. The Balaban J connectivity index is 1.35. The van der Waals surface area contributed by atoms with E-state index in [0.29, 0.717) is 67.1 Å². The molecule has 3 aromatic rings. The number of rotatable bonds is 14. The van der Waals surface area contributed by atoms with E-state index in [2.05, 4.69) is 41.6 Å². The van der Waals surface area contributed by atoms with Crippen LogP contribution in [0.1, 0.15) is 61.9 Å². The van der Waals surface area contributed by atoms with Crippen LogP contribution >= 0.6 is 0 Å². The first-order chi connectivity index (χ1) is 22.1. The standard InChI is InChI=1S/C36H47N5O5/c1-25-21-41(26(2)24-42)36(45)29-20-28(18-19-32(29)46-33(25)23-40(3)22-27-12-6-4-7-13-27)38-34(43)16-8-5-9-17-35(44)39-31-15-11-10-14-30(31)37/h4,6-7,10-15,18-20,25-26,33,42H,5,8-9,16-17,21-24,37H2,1-3H3,(H,38,43)(H,39,44)/t25-,26+,33+/m1/s1. The van der Waals surface area contributed by atoms with Gasteiger partial charge in [0, 0.05) is 44.1 Å². The summed E-state index contributed by atoms with van der Waals surface area (Å²) >= 11 is 0. The SMILES string of the molecule is C[C@@H]1CN([C@@H](C)CO)C(=O)c2cc(NC(=O)CCCCCC(=O)Nc3ccccc3N)ccc2O[C@H]1CN(C)Cc1ccccc1. The van der Waals surface area contributed by atoms with Gasteiger partial charge in [0.05, 0.1) is 29.6 Å². The average molecular weight is 630 g/mol. The molecule has 46 heavy (non-hydrogen) atoms. The summed E-state index contributed by atoms with van der Waals surface area (Å²) < 4.78 is 6.50. The van der Waals surface area contributed by atoms with Crippen LogP contribution in [0.25, 0.3) is 0 Å². The molecule has 4 rings (SSSR count). The summed E-state index contributed by atoms with van der Waals surface area (Å²) in [6, 6.07) is 22.1. The average Bonchev–Trinajstić information content (AvgIpc) is 3.04. The highest BCUT2D eigenvalue weighted by atomic mass is 16.5. The molecule has 3 amide bonds. The van der Waals surface area contributed by atoms with Gasteiger partial charge >= 0.3 is 0 Å². The molecule has 1 heterocycles.